The van der Waals surface area contributed by atoms with Crippen LogP contribution < -0.4 is 11.1 Å². The molecule has 0 saturated carbocycles. The van der Waals surface area contributed by atoms with Gasteiger partial charge in [-0.15, -0.1) is 12.4 Å². The Kier molecular flexibility index (Phi) is 9.91. The molecule has 1 aliphatic rings. The first-order valence-corrected chi connectivity index (χ1v) is 8.99. The van der Waals surface area contributed by atoms with Gasteiger partial charge >= 0.3 is 0 Å². The summed E-state index contributed by atoms with van der Waals surface area (Å²) < 4.78 is 0. The number of nitrogens with zero attached hydrogens (tertiary/aromatic N) is 1. The van der Waals surface area contributed by atoms with Crippen molar-refractivity contribution in [1.82, 2.24) is 10.2 Å². The van der Waals surface area contributed by atoms with Gasteiger partial charge in [-0.3, -0.25) is 14.4 Å². The molecule has 7 heteroatoms. The third kappa shape index (κ3) is 6.42. The molecule has 2 rings (SSSR count). The van der Waals surface area contributed by atoms with Gasteiger partial charge in [-0.05, 0) is 31.4 Å². The van der Waals surface area contributed by atoms with Crippen LogP contribution in [0, 0.1) is 0 Å². The van der Waals surface area contributed by atoms with E-state index in [-0.39, 0.29) is 18.3 Å². The molecular weight excluding hydrogens is 354 g/mol. The van der Waals surface area contributed by atoms with Crippen LogP contribution in [0.3, 0.4) is 0 Å². The number of benzene rings is 1. The summed E-state index contributed by atoms with van der Waals surface area (Å²) >= 11 is 0. The predicted octanol–water partition coefficient (Wildman–Crippen LogP) is 1.80. The van der Waals surface area contributed by atoms with Crippen LogP contribution in [0.1, 0.15) is 44.1 Å². The number of nitrogens with one attached hydrogen (secondary N) is 1. The van der Waals surface area contributed by atoms with Gasteiger partial charge in [0.1, 0.15) is 6.04 Å². The fraction of sp³-hybridized carbons (Fsp3) is 0.526. The number of halogens is 1. The van der Waals surface area contributed by atoms with Gasteiger partial charge in [0.15, 0.2) is 0 Å². The van der Waals surface area contributed by atoms with Gasteiger partial charge in [-0.2, -0.15) is 0 Å². The second kappa shape index (κ2) is 11.6. The predicted molar refractivity (Wildman–Crippen MR) is 103 cm³/mol. The van der Waals surface area contributed by atoms with E-state index in [0.717, 1.165) is 31.2 Å². The lowest BCUT2D eigenvalue weighted by Gasteiger charge is -2.23. The van der Waals surface area contributed by atoms with E-state index in [4.69, 9.17) is 5.73 Å². The summed E-state index contributed by atoms with van der Waals surface area (Å²) in [6, 6.07) is 8.86. The lowest BCUT2D eigenvalue weighted by molar-refractivity contribution is -0.143. The highest BCUT2D eigenvalue weighted by molar-refractivity contribution is 6.38. The summed E-state index contributed by atoms with van der Waals surface area (Å²) in [5.74, 6) is -1.17. The number of rotatable bonds is 10. The van der Waals surface area contributed by atoms with Gasteiger partial charge in [0.05, 0.1) is 0 Å². The number of likely N-dealkylation sites (tertiary alicyclic amines) is 1. The topological polar surface area (TPSA) is 92.5 Å². The average Bonchev–Trinajstić information content (AvgIpc) is 2.98. The first-order chi connectivity index (χ1) is 12.1. The van der Waals surface area contributed by atoms with Gasteiger partial charge in [0, 0.05) is 19.5 Å². The Labute approximate surface area is 160 Å². The third-order valence-corrected chi connectivity index (χ3v) is 4.47. The average molecular weight is 382 g/mol. The van der Waals surface area contributed by atoms with Crippen LogP contribution in [0.5, 0.6) is 0 Å². The molecule has 1 aromatic rings. The molecule has 0 spiro atoms. The Morgan fingerprint density at radius 2 is 1.81 bits per heavy atom. The highest BCUT2D eigenvalue weighted by Crippen LogP contribution is 2.22. The summed E-state index contributed by atoms with van der Waals surface area (Å²) in [7, 11) is 0. The van der Waals surface area contributed by atoms with Gasteiger partial charge in [-0.1, -0.05) is 43.2 Å². The zero-order valence-corrected chi connectivity index (χ0v) is 15.8. The zero-order valence-electron chi connectivity index (χ0n) is 15.0. The standard InChI is InChI=1S/C19H27N3O3.ClH/c20-12-6-1-2-7-13-21-19(25)18(24)16-10-11-17(23)22(16)14-15-8-4-3-5-9-15;/h3-5,8-9,16H,1-2,6-7,10-14,20H2,(H,21,25);1H. The number of hydrogen-bond donors (Lipinski definition) is 2. The molecule has 1 heterocycles. The van der Waals surface area contributed by atoms with Gasteiger partial charge in [0.2, 0.25) is 11.7 Å². The molecule has 1 unspecified atom stereocenters. The molecule has 0 aliphatic carbocycles. The molecule has 0 aromatic heterocycles. The van der Waals surface area contributed by atoms with Crippen LogP contribution in [0.25, 0.3) is 0 Å². The molecule has 26 heavy (non-hydrogen) atoms. The number of hydrogen-bond acceptors (Lipinski definition) is 4. The van der Waals surface area contributed by atoms with E-state index in [2.05, 4.69) is 5.32 Å². The maximum absolute atomic E-state index is 12.4. The van der Waals surface area contributed by atoms with E-state index < -0.39 is 17.7 Å². The lowest BCUT2D eigenvalue weighted by atomic mass is 10.1. The van der Waals surface area contributed by atoms with E-state index in [9.17, 15) is 14.4 Å². The number of amides is 2. The summed E-state index contributed by atoms with van der Waals surface area (Å²) in [6.45, 7) is 1.52. The minimum Gasteiger partial charge on any atom is -0.349 e. The molecule has 1 fully saturated rings. The zero-order chi connectivity index (χ0) is 18.1. The minimum absolute atomic E-state index is 0. The SMILES string of the molecule is Cl.NCCCCCCNC(=O)C(=O)C1CCC(=O)N1Cc1ccccc1. The fourth-order valence-corrected chi connectivity index (χ4v) is 3.05. The van der Waals surface area contributed by atoms with Crippen LogP contribution in [-0.2, 0) is 20.9 Å². The van der Waals surface area contributed by atoms with Crippen molar-refractivity contribution >= 4 is 30.0 Å². The number of carbonyl (C=O) groups excluding carboxylic acids is 3. The molecule has 1 atom stereocenters. The quantitative estimate of drug-likeness (QED) is 0.477. The Balaban J connectivity index is 0.00000338. The molecule has 1 saturated heterocycles. The number of ketones is 1. The molecule has 1 aliphatic heterocycles. The Hall–Kier alpha value is -1.92. The summed E-state index contributed by atoms with van der Waals surface area (Å²) in [4.78, 5) is 38.2. The van der Waals surface area contributed by atoms with Crippen molar-refractivity contribution in [3.05, 3.63) is 35.9 Å². The summed E-state index contributed by atoms with van der Waals surface area (Å²) in [6.07, 6.45) is 4.54. The van der Waals surface area contributed by atoms with Crippen molar-refractivity contribution in [2.45, 2.75) is 51.1 Å². The minimum atomic E-state index is -0.648. The third-order valence-electron chi connectivity index (χ3n) is 4.47. The lowest BCUT2D eigenvalue weighted by Crippen LogP contribution is -2.45. The number of carbonyl (C=O) groups is 3. The number of unbranched alkanes of at least 4 members (excludes halogenated alkanes) is 3. The fourth-order valence-electron chi connectivity index (χ4n) is 3.05. The van der Waals surface area contributed by atoms with Crippen molar-refractivity contribution in [2.24, 2.45) is 5.73 Å². The molecular formula is C19H28ClN3O3. The van der Waals surface area contributed by atoms with Gasteiger partial charge in [0.25, 0.3) is 5.91 Å². The largest absolute Gasteiger partial charge is 0.349 e. The summed E-state index contributed by atoms with van der Waals surface area (Å²) in [5.41, 5.74) is 6.39. The van der Waals surface area contributed by atoms with Crippen LogP contribution in [-0.4, -0.2) is 41.6 Å². The normalized spacial score (nSPS) is 16.3. The van der Waals surface area contributed by atoms with E-state index >= 15 is 0 Å². The Bertz CT molecular complexity index is 595. The molecule has 144 valence electrons. The van der Waals surface area contributed by atoms with Crippen molar-refractivity contribution < 1.29 is 14.4 Å². The Morgan fingerprint density at radius 3 is 2.50 bits per heavy atom. The molecule has 0 bridgehead atoms. The maximum Gasteiger partial charge on any atom is 0.289 e. The van der Waals surface area contributed by atoms with Crippen LogP contribution in [0.15, 0.2) is 30.3 Å². The monoisotopic (exact) mass is 381 g/mol. The van der Waals surface area contributed by atoms with Crippen LogP contribution in [0.2, 0.25) is 0 Å². The highest BCUT2D eigenvalue weighted by atomic mass is 35.5. The van der Waals surface area contributed by atoms with Gasteiger partial charge in [-0.25, -0.2) is 0 Å². The van der Waals surface area contributed by atoms with E-state index in [1.165, 1.54) is 4.90 Å². The number of Topliss-reactive ketones (excluding diaryl/α,β-unsaturated/α-hetero) is 1. The van der Waals surface area contributed by atoms with Crippen LogP contribution >= 0.6 is 12.4 Å². The first kappa shape index (κ1) is 22.1. The Morgan fingerprint density at radius 1 is 1.12 bits per heavy atom. The highest BCUT2D eigenvalue weighted by Gasteiger charge is 2.38. The molecule has 1 aromatic carbocycles. The van der Waals surface area contributed by atoms with E-state index in [0.29, 0.717) is 32.5 Å². The van der Waals surface area contributed by atoms with Gasteiger partial charge < -0.3 is 16.0 Å². The van der Waals surface area contributed by atoms with E-state index in [1.54, 1.807) is 0 Å². The van der Waals surface area contributed by atoms with Crippen molar-refractivity contribution in [3.8, 4) is 0 Å². The van der Waals surface area contributed by atoms with Crippen molar-refractivity contribution in [3.63, 3.8) is 0 Å². The van der Waals surface area contributed by atoms with Crippen molar-refractivity contribution in [2.75, 3.05) is 13.1 Å². The van der Waals surface area contributed by atoms with Crippen molar-refractivity contribution in [1.29, 1.82) is 0 Å². The second-order valence-electron chi connectivity index (χ2n) is 6.38. The molecule has 3 N–H and O–H groups in total. The molecule has 0 radical (unpaired) electrons. The molecule has 2 amide bonds. The van der Waals surface area contributed by atoms with Crippen LogP contribution in [0.4, 0.5) is 0 Å². The first-order valence-electron chi connectivity index (χ1n) is 8.99. The van der Waals surface area contributed by atoms with E-state index in [1.807, 2.05) is 30.3 Å². The molecule has 6 nitrogen and oxygen atoms in total. The summed E-state index contributed by atoms with van der Waals surface area (Å²) in [5, 5.41) is 2.68. The second-order valence-corrected chi connectivity index (χ2v) is 6.38. The number of nitrogens with two attached hydrogens (primary N) is 1. The smallest absolute Gasteiger partial charge is 0.289 e. The maximum atomic E-state index is 12.4.